The molecule has 0 aliphatic carbocycles. The molecule has 0 spiro atoms. The number of benzene rings is 1. The second-order valence-corrected chi connectivity index (χ2v) is 4.13. The van der Waals surface area contributed by atoms with Gasteiger partial charge in [-0.25, -0.2) is 4.39 Å². The summed E-state index contributed by atoms with van der Waals surface area (Å²) in [5, 5.41) is 3.11. The van der Waals surface area contributed by atoms with Crippen LogP contribution in [0.5, 0.6) is 0 Å². The molecule has 0 amide bonds. The van der Waals surface area contributed by atoms with E-state index in [4.69, 9.17) is 10.5 Å². The second kappa shape index (κ2) is 6.25. The Balaban J connectivity index is 2.41. The Labute approximate surface area is 101 Å². The van der Waals surface area contributed by atoms with Gasteiger partial charge in [0.1, 0.15) is 5.82 Å². The van der Waals surface area contributed by atoms with Gasteiger partial charge in [0.25, 0.3) is 0 Å². The molecule has 0 aromatic heterocycles. The maximum absolute atomic E-state index is 13.1. The highest BCUT2D eigenvalue weighted by molar-refractivity contribution is 5.67. The predicted molar refractivity (Wildman–Crippen MR) is 69.7 cm³/mol. The fourth-order valence-electron chi connectivity index (χ4n) is 1.35. The number of rotatable bonds is 6. The van der Waals surface area contributed by atoms with E-state index >= 15 is 0 Å². The van der Waals surface area contributed by atoms with Crippen molar-refractivity contribution in [3.63, 3.8) is 0 Å². The van der Waals surface area contributed by atoms with Gasteiger partial charge in [-0.15, -0.1) is 0 Å². The lowest BCUT2D eigenvalue weighted by molar-refractivity contribution is 0.167. The quantitative estimate of drug-likeness (QED) is 0.455. The summed E-state index contributed by atoms with van der Waals surface area (Å²) < 4.78 is 18.5. The van der Waals surface area contributed by atoms with Crippen LogP contribution in [0, 0.1) is 12.7 Å². The van der Waals surface area contributed by atoms with E-state index in [1.165, 1.54) is 6.07 Å². The minimum atomic E-state index is -0.286. The summed E-state index contributed by atoms with van der Waals surface area (Å²) in [6.45, 7) is 9.10. The van der Waals surface area contributed by atoms with Crippen LogP contribution in [0.15, 0.2) is 24.3 Å². The molecular formula is C13H19FN2O. The van der Waals surface area contributed by atoms with Gasteiger partial charge in [-0.05, 0) is 31.5 Å². The van der Waals surface area contributed by atoms with E-state index < -0.39 is 0 Å². The molecule has 0 bridgehead atoms. The Morgan fingerprint density at radius 3 is 2.88 bits per heavy atom. The number of hydrogen-bond donors (Lipinski definition) is 2. The molecule has 0 unspecified atom stereocenters. The SMILES string of the molecule is C=C(C)COCCNc1cc(C)c(F)cc1N. The van der Waals surface area contributed by atoms with Crippen molar-refractivity contribution in [1.29, 1.82) is 0 Å². The van der Waals surface area contributed by atoms with Crippen LogP contribution in [0.2, 0.25) is 0 Å². The first kappa shape index (κ1) is 13.5. The first-order chi connectivity index (χ1) is 8.00. The third-order valence-electron chi connectivity index (χ3n) is 2.24. The van der Waals surface area contributed by atoms with Crippen LogP contribution in [-0.2, 0) is 4.74 Å². The van der Waals surface area contributed by atoms with E-state index in [1.807, 2.05) is 6.92 Å². The number of anilines is 2. The van der Waals surface area contributed by atoms with Gasteiger partial charge < -0.3 is 15.8 Å². The molecule has 0 aliphatic heterocycles. The Morgan fingerprint density at radius 1 is 1.53 bits per heavy atom. The fourth-order valence-corrected chi connectivity index (χ4v) is 1.35. The van der Waals surface area contributed by atoms with E-state index in [2.05, 4.69) is 11.9 Å². The molecule has 0 aliphatic rings. The number of nitrogens with one attached hydrogen (secondary N) is 1. The van der Waals surface area contributed by atoms with Gasteiger partial charge >= 0.3 is 0 Å². The number of nitrogens with two attached hydrogens (primary N) is 1. The summed E-state index contributed by atoms with van der Waals surface area (Å²) in [5.74, 6) is -0.286. The van der Waals surface area contributed by atoms with Crippen molar-refractivity contribution in [2.45, 2.75) is 13.8 Å². The monoisotopic (exact) mass is 238 g/mol. The van der Waals surface area contributed by atoms with Crippen molar-refractivity contribution in [2.75, 3.05) is 30.8 Å². The highest BCUT2D eigenvalue weighted by Crippen LogP contribution is 2.22. The van der Waals surface area contributed by atoms with Crippen LogP contribution >= 0.6 is 0 Å². The number of aryl methyl sites for hydroxylation is 1. The molecule has 0 heterocycles. The minimum absolute atomic E-state index is 0.286. The van der Waals surface area contributed by atoms with Gasteiger partial charge in [0.15, 0.2) is 0 Å². The maximum Gasteiger partial charge on any atom is 0.128 e. The van der Waals surface area contributed by atoms with Crippen LogP contribution in [0.4, 0.5) is 15.8 Å². The van der Waals surface area contributed by atoms with Crippen molar-refractivity contribution < 1.29 is 9.13 Å². The van der Waals surface area contributed by atoms with E-state index in [0.29, 0.717) is 31.0 Å². The molecule has 1 rings (SSSR count). The van der Waals surface area contributed by atoms with Crippen molar-refractivity contribution in [3.8, 4) is 0 Å². The minimum Gasteiger partial charge on any atom is -0.397 e. The van der Waals surface area contributed by atoms with E-state index in [9.17, 15) is 4.39 Å². The van der Waals surface area contributed by atoms with Gasteiger partial charge in [0, 0.05) is 6.54 Å². The van der Waals surface area contributed by atoms with Crippen LogP contribution in [-0.4, -0.2) is 19.8 Å². The Morgan fingerprint density at radius 2 is 2.24 bits per heavy atom. The van der Waals surface area contributed by atoms with Crippen molar-refractivity contribution >= 4 is 11.4 Å². The van der Waals surface area contributed by atoms with Crippen LogP contribution in [0.1, 0.15) is 12.5 Å². The molecular weight excluding hydrogens is 219 g/mol. The Kier molecular flexibility index (Phi) is 4.97. The largest absolute Gasteiger partial charge is 0.397 e. The lowest BCUT2D eigenvalue weighted by Crippen LogP contribution is -2.11. The van der Waals surface area contributed by atoms with E-state index in [-0.39, 0.29) is 5.82 Å². The zero-order chi connectivity index (χ0) is 12.8. The highest BCUT2D eigenvalue weighted by Gasteiger charge is 2.03. The molecule has 0 radical (unpaired) electrons. The number of ether oxygens (including phenoxy) is 1. The van der Waals surface area contributed by atoms with Gasteiger partial charge in [-0.3, -0.25) is 0 Å². The normalized spacial score (nSPS) is 10.3. The zero-order valence-corrected chi connectivity index (χ0v) is 10.3. The molecule has 1 aromatic rings. The van der Waals surface area contributed by atoms with Crippen LogP contribution < -0.4 is 11.1 Å². The lowest BCUT2D eigenvalue weighted by atomic mass is 10.2. The summed E-state index contributed by atoms with van der Waals surface area (Å²) in [6, 6.07) is 3.02. The van der Waals surface area contributed by atoms with Crippen LogP contribution in [0.3, 0.4) is 0 Å². The molecule has 3 N–H and O–H groups in total. The summed E-state index contributed by atoms with van der Waals surface area (Å²) in [7, 11) is 0. The Hall–Kier alpha value is -1.55. The van der Waals surface area contributed by atoms with Gasteiger partial charge in [0.2, 0.25) is 0 Å². The first-order valence-electron chi connectivity index (χ1n) is 5.52. The molecule has 0 saturated heterocycles. The van der Waals surface area contributed by atoms with Crippen LogP contribution in [0.25, 0.3) is 0 Å². The Bertz CT molecular complexity index is 405. The smallest absolute Gasteiger partial charge is 0.128 e. The third-order valence-corrected chi connectivity index (χ3v) is 2.24. The molecule has 0 saturated carbocycles. The summed E-state index contributed by atoms with van der Waals surface area (Å²) >= 11 is 0. The molecule has 4 heteroatoms. The molecule has 3 nitrogen and oxygen atoms in total. The van der Waals surface area contributed by atoms with Crippen molar-refractivity contribution in [2.24, 2.45) is 0 Å². The average Bonchev–Trinajstić information content (AvgIpc) is 2.24. The topological polar surface area (TPSA) is 47.3 Å². The number of halogens is 1. The zero-order valence-electron chi connectivity index (χ0n) is 10.3. The van der Waals surface area contributed by atoms with Crippen molar-refractivity contribution in [3.05, 3.63) is 35.7 Å². The maximum atomic E-state index is 13.1. The molecule has 1 aromatic carbocycles. The highest BCUT2D eigenvalue weighted by atomic mass is 19.1. The third kappa shape index (κ3) is 4.44. The molecule has 0 fully saturated rings. The summed E-state index contributed by atoms with van der Waals surface area (Å²) in [4.78, 5) is 0. The van der Waals surface area contributed by atoms with Crippen molar-refractivity contribution in [1.82, 2.24) is 0 Å². The van der Waals surface area contributed by atoms with E-state index in [1.54, 1.807) is 13.0 Å². The number of hydrogen-bond acceptors (Lipinski definition) is 3. The summed E-state index contributed by atoms with van der Waals surface area (Å²) in [5.41, 5.74) is 8.41. The first-order valence-corrected chi connectivity index (χ1v) is 5.52. The van der Waals surface area contributed by atoms with Gasteiger partial charge in [-0.2, -0.15) is 0 Å². The molecule has 94 valence electrons. The lowest BCUT2D eigenvalue weighted by Gasteiger charge is -2.11. The standard InChI is InChI=1S/C13H19FN2O/c1-9(2)8-17-5-4-16-13-6-10(3)11(14)7-12(13)15/h6-7,16H,1,4-5,8,15H2,2-3H3. The average molecular weight is 238 g/mol. The predicted octanol–water partition coefficient (Wildman–Crippen LogP) is 2.72. The molecule has 0 atom stereocenters. The van der Waals surface area contributed by atoms with Gasteiger partial charge in [-0.1, -0.05) is 12.2 Å². The second-order valence-electron chi connectivity index (χ2n) is 4.13. The fraction of sp³-hybridized carbons (Fsp3) is 0.385. The summed E-state index contributed by atoms with van der Waals surface area (Å²) in [6.07, 6.45) is 0. The van der Waals surface area contributed by atoms with E-state index in [0.717, 1.165) is 11.3 Å². The van der Waals surface area contributed by atoms with Gasteiger partial charge in [0.05, 0.1) is 24.6 Å². The molecule has 17 heavy (non-hydrogen) atoms. The number of nitrogen functional groups attached to an aromatic ring is 1.